The van der Waals surface area contributed by atoms with Crippen molar-refractivity contribution in [1.29, 1.82) is 0 Å². The number of benzene rings is 1. The molecule has 0 radical (unpaired) electrons. The van der Waals surface area contributed by atoms with Gasteiger partial charge in [0.25, 0.3) is 11.5 Å². The summed E-state index contributed by atoms with van der Waals surface area (Å²) in [6.07, 6.45) is 6.53. The number of carbonyl (C=O) groups excluding carboxylic acids is 1. The number of amides is 1. The standard InChI is InChI=1S/C19H19N5O2/c1-2-3-11-24-19(26)16-9-5-4-8-15(16)17(23-24)18(25)22-21-13-14-7-6-10-20-12-14/h4-10,12-13H,2-3,11H2,1H3,(H,22,25)/b21-13+. The number of unbranched alkanes of at least 4 members (excludes halogenated alkanes) is 1. The molecule has 7 nitrogen and oxygen atoms in total. The Morgan fingerprint density at radius 3 is 2.77 bits per heavy atom. The zero-order valence-electron chi connectivity index (χ0n) is 14.4. The van der Waals surface area contributed by atoms with Crippen molar-refractivity contribution in [2.24, 2.45) is 5.10 Å². The van der Waals surface area contributed by atoms with Gasteiger partial charge in [-0.25, -0.2) is 10.1 Å². The number of fused-ring (bicyclic) bond motifs is 1. The predicted octanol–water partition coefficient (Wildman–Crippen LogP) is 2.36. The molecule has 2 aromatic heterocycles. The molecule has 0 spiro atoms. The van der Waals surface area contributed by atoms with Crippen LogP contribution in [0.2, 0.25) is 0 Å². The van der Waals surface area contributed by atoms with Crippen LogP contribution in [0.4, 0.5) is 0 Å². The van der Waals surface area contributed by atoms with Crippen molar-refractivity contribution in [3.05, 3.63) is 70.4 Å². The molecule has 3 aromatic rings. The Balaban J connectivity index is 1.92. The smallest absolute Gasteiger partial charge is 0.267 e. The quantitative estimate of drug-likeness (QED) is 0.546. The summed E-state index contributed by atoms with van der Waals surface area (Å²) < 4.78 is 1.35. The van der Waals surface area contributed by atoms with Crippen molar-refractivity contribution >= 4 is 22.9 Å². The number of rotatable bonds is 6. The lowest BCUT2D eigenvalue weighted by atomic mass is 10.1. The van der Waals surface area contributed by atoms with E-state index in [2.05, 4.69) is 20.6 Å². The highest BCUT2D eigenvalue weighted by atomic mass is 16.2. The van der Waals surface area contributed by atoms with Gasteiger partial charge in [-0.1, -0.05) is 37.6 Å². The minimum Gasteiger partial charge on any atom is -0.267 e. The maximum absolute atomic E-state index is 12.6. The van der Waals surface area contributed by atoms with E-state index in [0.717, 1.165) is 18.4 Å². The van der Waals surface area contributed by atoms with E-state index in [0.29, 0.717) is 17.3 Å². The van der Waals surface area contributed by atoms with Crippen LogP contribution in [0.25, 0.3) is 10.8 Å². The van der Waals surface area contributed by atoms with Crippen LogP contribution in [0.3, 0.4) is 0 Å². The van der Waals surface area contributed by atoms with E-state index in [1.165, 1.54) is 10.9 Å². The molecule has 1 amide bonds. The zero-order valence-corrected chi connectivity index (χ0v) is 14.4. The first-order valence-electron chi connectivity index (χ1n) is 8.44. The third-order valence-electron chi connectivity index (χ3n) is 3.87. The fourth-order valence-corrected chi connectivity index (χ4v) is 2.53. The number of nitrogens with one attached hydrogen (secondary N) is 1. The Labute approximate surface area is 150 Å². The van der Waals surface area contributed by atoms with Crippen LogP contribution in [0, 0.1) is 0 Å². The molecule has 132 valence electrons. The van der Waals surface area contributed by atoms with E-state index < -0.39 is 5.91 Å². The molecule has 7 heteroatoms. The van der Waals surface area contributed by atoms with E-state index in [1.54, 1.807) is 42.7 Å². The molecule has 0 saturated carbocycles. The van der Waals surface area contributed by atoms with Crippen molar-refractivity contribution in [2.75, 3.05) is 0 Å². The van der Waals surface area contributed by atoms with Gasteiger partial charge in [-0.05, 0) is 18.6 Å². The first kappa shape index (κ1) is 17.5. The van der Waals surface area contributed by atoms with Crippen LogP contribution in [0.1, 0.15) is 35.8 Å². The Morgan fingerprint density at radius 2 is 2.04 bits per heavy atom. The predicted molar refractivity (Wildman–Crippen MR) is 100 cm³/mol. The molecule has 0 aliphatic rings. The molecule has 0 aliphatic heterocycles. The highest BCUT2D eigenvalue weighted by Gasteiger charge is 2.16. The SMILES string of the molecule is CCCCn1nc(C(=O)N/N=C/c2cccnc2)c2ccccc2c1=O. The number of hydrazone groups is 1. The monoisotopic (exact) mass is 349 g/mol. The molecule has 0 atom stereocenters. The zero-order chi connectivity index (χ0) is 18.4. The van der Waals surface area contributed by atoms with Crippen molar-refractivity contribution in [2.45, 2.75) is 26.3 Å². The molecule has 0 unspecified atom stereocenters. The summed E-state index contributed by atoms with van der Waals surface area (Å²) in [7, 11) is 0. The second-order valence-electron chi connectivity index (χ2n) is 5.76. The van der Waals surface area contributed by atoms with E-state index in [-0.39, 0.29) is 11.3 Å². The molecular formula is C19H19N5O2. The van der Waals surface area contributed by atoms with Crippen LogP contribution >= 0.6 is 0 Å². The molecule has 2 heterocycles. The summed E-state index contributed by atoms with van der Waals surface area (Å²) >= 11 is 0. The summed E-state index contributed by atoms with van der Waals surface area (Å²) in [5, 5.41) is 9.20. The highest BCUT2D eigenvalue weighted by Crippen LogP contribution is 2.13. The lowest BCUT2D eigenvalue weighted by Crippen LogP contribution is -2.29. The van der Waals surface area contributed by atoms with Crippen LogP contribution in [0.15, 0.2) is 58.7 Å². The van der Waals surface area contributed by atoms with Crippen LogP contribution in [-0.4, -0.2) is 26.9 Å². The Hall–Kier alpha value is -3.35. The highest BCUT2D eigenvalue weighted by molar-refractivity contribution is 6.04. The van der Waals surface area contributed by atoms with E-state index in [1.807, 2.05) is 13.0 Å². The first-order chi connectivity index (χ1) is 12.7. The summed E-state index contributed by atoms with van der Waals surface area (Å²) in [5.41, 5.74) is 3.22. The van der Waals surface area contributed by atoms with Crippen LogP contribution in [0.5, 0.6) is 0 Å². The topological polar surface area (TPSA) is 89.2 Å². The number of aromatic nitrogens is 3. The van der Waals surface area contributed by atoms with Gasteiger partial charge in [0, 0.05) is 29.9 Å². The minimum atomic E-state index is -0.466. The molecule has 0 fully saturated rings. The van der Waals surface area contributed by atoms with Crippen molar-refractivity contribution in [1.82, 2.24) is 20.2 Å². The lowest BCUT2D eigenvalue weighted by molar-refractivity contribution is 0.0949. The minimum absolute atomic E-state index is 0.180. The molecule has 1 N–H and O–H groups in total. The molecule has 3 rings (SSSR count). The molecule has 0 aliphatic carbocycles. The van der Waals surface area contributed by atoms with Gasteiger partial charge in [0.2, 0.25) is 0 Å². The van der Waals surface area contributed by atoms with Crippen molar-refractivity contribution in [3.8, 4) is 0 Å². The summed E-state index contributed by atoms with van der Waals surface area (Å²) in [6, 6.07) is 10.6. The van der Waals surface area contributed by atoms with Gasteiger partial charge in [-0.2, -0.15) is 10.2 Å². The van der Waals surface area contributed by atoms with Crippen molar-refractivity contribution in [3.63, 3.8) is 0 Å². The third-order valence-corrected chi connectivity index (χ3v) is 3.87. The number of carbonyl (C=O) groups is 1. The van der Waals surface area contributed by atoms with Gasteiger partial charge >= 0.3 is 0 Å². The lowest BCUT2D eigenvalue weighted by Gasteiger charge is -2.09. The van der Waals surface area contributed by atoms with Gasteiger partial charge in [-0.15, -0.1) is 0 Å². The average Bonchev–Trinajstić information content (AvgIpc) is 2.68. The summed E-state index contributed by atoms with van der Waals surface area (Å²) in [6.45, 7) is 2.51. The summed E-state index contributed by atoms with van der Waals surface area (Å²) in [5.74, 6) is -0.466. The normalized spacial score (nSPS) is 11.1. The van der Waals surface area contributed by atoms with Gasteiger partial charge in [0.1, 0.15) is 0 Å². The number of nitrogens with zero attached hydrogens (tertiary/aromatic N) is 4. The second kappa shape index (κ2) is 8.15. The molecule has 0 saturated heterocycles. The van der Waals surface area contributed by atoms with E-state index in [9.17, 15) is 9.59 Å². The Kier molecular flexibility index (Phi) is 5.48. The molecule has 0 bridgehead atoms. The third kappa shape index (κ3) is 3.83. The maximum atomic E-state index is 12.6. The molecule has 26 heavy (non-hydrogen) atoms. The van der Waals surface area contributed by atoms with Gasteiger partial charge in [0.15, 0.2) is 5.69 Å². The number of aryl methyl sites for hydroxylation is 1. The number of pyridine rings is 1. The largest absolute Gasteiger partial charge is 0.292 e. The Bertz CT molecular complexity index is 996. The van der Waals surface area contributed by atoms with Crippen molar-refractivity contribution < 1.29 is 4.79 Å². The van der Waals surface area contributed by atoms with Gasteiger partial charge in [0.05, 0.1) is 11.6 Å². The number of hydrogen-bond donors (Lipinski definition) is 1. The van der Waals surface area contributed by atoms with E-state index >= 15 is 0 Å². The average molecular weight is 349 g/mol. The second-order valence-corrected chi connectivity index (χ2v) is 5.76. The Morgan fingerprint density at radius 1 is 1.23 bits per heavy atom. The molecular weight excluding hydrogens is 330 g/mol. The fourth-order valence-electron chi connectivity index (χ4n) is 2.53. The maximum Gasteiger partial charge on any atom is 0.292 e. The first-order valence-corrected chi connectivity index (χ1v) is 8.44. The van der Waals surface area contributed by atoms with Gasteiger partial charge in [-0.3, -0.25) is 14.6 Å². The fraction of sp³-hybridized carbons (Fsp3) is 0.211. The van der Waals surface area contributed by atoms with Gasteiger partial charge < -0.3 is 0 Å². The number of hydrogen-bond acceptors (Lipinski definition) is 5. The summed E-state index contributed by atoms with van der Waals surface area (Å²) in [4.78, 5) is 29.1. The van der Waals surface area contributed by atoms with Crippen LogP contribution < -0.4 is 11.0 Å². The van der Waals surface area contributed by atoms with E-state index in [4.69, 9.17) is 0 Å². The molecule has 1 aromatic carbocycles. The van der Waals surface area contributed by atoms with Crippen LogP contribution in [-0.2, 0) is 6.54 Å².